The third-order valence-corrected chi connectivity index (χ3v) is 4.28. The van der Waals surface area contributed by atoms with E-state index < -0.39 is 11.8 Å². The van der Waals surface area contributed by atoms with E-state index in [-0.39, 0.29) is 16.4 Å². The normalized spacial score (nSPS) is 14.3. The average Bonchev–Trinajstić information content (AvgIpc) is 2.78. The second kappa shape index (κ2) is 6.78. The average molecular weight is 377 g/mol. The molecule has 128 valence electrons. The molecule has 0 fully saturated rings. The van der Waals surface area contributed by atoms with E-state index in [0.29, 0.717) is 16.5 Å². The Balaban J connectivity index is 1.98. The lowest BCUT2D eigenvalue weighted by atomic mass is 10.2. The molecule has 1 aliphatic heterocycles. The summed E-state index contributed by atoms with van der Waals surface area (Å²) >= 11 is 12.1. The number of rotatable bonds is 4. The zero-order valence-electron chi connectivity index (χ0n) is 13.5. The Hall–Kier alpha value is -2.50. The van der Waals surface area contributed by atoms with Crippen molar-refractivity contribution in [3.63, 3.8) is 0 Å². The van der Waals surface area contributed by atoms with Crippen LogP contribution in [-0.2, 0) is 9.59 Å². The largest absolute Gasteiger partial charge is 0.495 e. The van der Waals surface area contributed by atoms with Crippen LogP contribution in [0.5, 0.6) is 5.75 Å². The molecule has 2 aromatic carbocycles. The number of halogens is 2. The Kier molecular flexibility index (Phi) is 4.70. The van der Waals surface area contributed by atoms with Gasteiger partial charge in [-0.25, -0.2) is 4.90 Å². The number of amides is 2. The van der Waals surface area contributed by atoms with Crippen molar-refractivity contribution in [2.45, 2.75) is 6.92 Å². The maximum absolute atomic E-state index is 12.8. The van der Waals surface area contributed by atoms with Crippen LogP contribution in [0.25, 0.3) is 0 Å². The van der Waals surface area contributed by atoms with Crippen LogP contribution in [0, 0.1) is 6.92 Å². The summed E-state index contributed by atoms with van der Waals surface area (Å²) in [7, 11) is 1.44. The van der Waals surface area contributed by atoms with Crippen LogP contribution in [0.3, 0.4) is 0 Å². The Bertz CT molecular complexity index is 909. The third-order valence-electron chi connectivity index (χ3n) is 3.70. The van der Waals surface area contributed by atoms with Crippen molar-refractivity contribution in [1.29, 1.82) is 0 Å². The molecule has 0 aliphatic carbocycles. The summed E-state index contributed by atoms with van der Waals surface area (Å²) in [6.07, 6.45) is 0. The van der Waals surface area contributed by atoms with Crippen LogP contribution in [0.15, 0.2) is 53.2 Å². The van der Waals surface area contributed by atoms with E-state index in [1.54, 1.807) is 18.2 Å². The summed E-state index contributed by atoms with van der Waals surface area (Å²) in [5.74, 6) is -0.869. The highest BCUT2D eigenvalue weighted by atomic mass is 35.5. The van der Waals surface area contributed by atoms with Gasteiger partial charge in [0.05, 0.1) is 12.8 Å². The van der Waals surface area contributed by atoms with E-state index in [4.69, 9.17) is 27.9 Å². The summed E-state index contributed by atoms with van der Waals surface area (Å²) in [6.45, 7) is 1.92. The Labute approximate surface area is 154 Å². The predicted molar refractivity (Wildman–Crippen MR) is 98.2 cm³/mol. The first-order chi connectivity index (χ1) is 11.9. The SMILES string of the molecule is COc1ccc(Cl)cc1N1C(=O)C(Cl)=C(Nc2cccc(C)c2)C1=O. The molecule has 0 spiro atoms. The Morgan fingerprint density at radius 3 is 2.48 bits per heavy atom. The van der Waals surface area contributed by atoms with Crippen molar-refractivity contribution in [3.05, 3.63) is 63.8 Å². The van der Waals surface area contributed by atoms with Crippen molar-refractivity contribution in [2.24, 2.45) is 0 Å². The smallest absolute Gasteiger partial charge is 0.283 e. The summed E-state index contributed by atoms with van der Waals surface area (Å²) in [6, 6.07) is 12.1. The number of aryl methyl sites for hydroxylation is 1. The van der Waals surface area contributed by atoms with Crippen LogP contribution < -0.4 is 15.0 Å². The molecule has 0 unspecified atom stereocenters. The van der Waals surface area contributed by atoms with Gasteiger partial charge in [-0.05, 0) is 42.8 Å². The monoisotopic (exact) mass is 376 g/mol. The highest BCUT2D eigenvalue weighted by molar-refractivity contribution is 6.53. The first-order valence-electron chi connectivity index (χ1n) is 7.38. The van der Waals surface area contributed by atoms with Crippen LogP contribution in [-0.4, -0.2) is 18.9 Å². The van der Waals surface area contributed by atoms with Crippen LogP contribution in [0.4, 0.5) is 11.4 Å². The van der Waals surface area contributed by atoms with E-state index in [1.165, 1.54) is 13.2 Å². The first-order valence-corrected chi connectivity index (χ1v) is 8.13. The third kappa shape index (κ3) is 3.21. The van der Waals surface area contributed by atoms with Gasteiger partial charge in [0, 0.05) is 10.7 Å². The zero-order valence-corrected chi connectivity index (χ0v) is 15.0. The van der Waals surface area contributed by atoms with Crippen LogP contribution >= 0.6 is 23.2 Å². The summed E-state index contributed by atoms with van der Waals surface area (Å²) < 4.78 is 5.23. The lowest BCUT2D eigenvalue weighted by Crippen LogP contribution is -2.32. The van der Waals surface area contributed by atoms with Crippen molar-refractivity contribution in [2.75, 3.05) is 17.3 Å². The molecule has 0 radical (unpaired) electrons. The molecule has 5 nitrogen and oxygen atoms in total. The van der Waals surface area contributed by atoms with E-state index in [0.717, 1.165) is 10.5 Å². The molecule has 0 bridgehead atoms. The van der Waals surface area contributed by atoms with Gasteiger partial charge in [-0.15, -0.1) is 0 Å². The highest BCUT2D eigenvalue weighted by Crippen LogP contribution is 2.37. The number of anilines is 2. The first kappa shape index (κ1) is 17.3. The lowest BCUT2D eigenvalue weighted by molar-refractivity contribution is -0.120. The molecule has 3 rings (SSSR count). The van der Waals surface area contributed by atoms with Crippen molar-refractivity contribution in [3.8, 4) is 5.75 Å². The van der Waals surface area contributed by atoms with E-state index in [9.17, 15) is 9.59 Å². The van der Waals surface area contributed by atoms with Gasteiger partial charge in [-0.3, -0.25) is 9.59 Å². The van der Waals surface area contributed by atoms with Gasteiger partial charge in [0.15, 0.2) is 0 Å². The van der Waals surface area contributed by atoms with E-state index in [1.807, 2.05) is 25.1 Å². The number of carbonyl (C=O) groups is 2. The van der Waals surface area contributed by atoms with Crippen molar-refractivity contribution >= 4 is 46.4 Å². The minimum Gasteiger partial charge on any atom is -0.495 e. The standard InChI is InChI=1S/C18H14Cl2N2O3/c1-10-4-3-5-12(8-10)21-16-15(20)17(23)22(18(16)24)13-9-11(19)6-7-14(13)25-2/h3-9,21H,1-2H3. The number of carbonyl (C=O) groups excluding carboxylic acids is 2. The van der Waals surface area contributed by atoms with Gasteiger partial charge in [-0.1, -0.05) is 35.3 Å². The number of nitrogens with one attached hydrogen (secondary N) is 1. The zero-order chi connectivity index (χ0) is 18.1. The highest BCUT2D eigenvalue weighted by Gasteiger charge is 2.40. The van der Waals surface area contributed by atoms with E-state index >= 15 is 0 Å². The minimum atomic E-state index is -0.637. The summed E-state index contributed by atoms with van der Waals surface area (Å²) in [5, 5.41) is 3.11. The predicted octanol–water partition coefficient (Wildman–Crippen LogP) is 4.09. The summed E-state index contributed by atoms with van der Waals surface area (Å²) in [5.41, 5.74) is 1.92. The van der Waals surface area contributed by atoms with Gasteiger partial charge in [-0.2, -0.15) is 0 Å². The number of benzene rings is 2. The minimum absolute atomic E-state index is 0.0132. The van der Waals surface area contributed by atoms with Gasteiger partial charge in [0.25, 0.3) is 11.8 Å². The molecular weight excluding hydrogens is 363 g/mol. The fourth-order valence-corrected chi connectivity index (χ4v) is 2.91. The van der Waals surface area contributed by atoms with Crippen LogP contribution in [0.2, 0.25) is 5.02 Å². The lowest BCUT2D eigenvalue weighted by Gasteiger charge is -2.18. The van der Waals surface area contributed by atoms with Crippen molar-refractivity contribution in [1.82, 2.24) is 0 Å². The maximum Gasteiger partial charge on any atom is 0.283 e. The molecule has 0 aromatic heterocycles. The number of hydrogen-bond acceptors (Lipinski definition) is 4. The number of ether oxygens (including phenoxy) is 1. The molecule has 1 heterocycles. The molecule has 2 aromatic rings. The second-order valence-corrected chi connectivity index (χ2v) is 6.26. The molecule has 2 amide bonds. The van der Waals surface area contributed by atoms with Crippen molar-refractivity contribution < 1.29 is 14.3 Å². The molecule has 1 aliphatic rings. The quantitative estimate of drug-likeness (QED) is 0.816. The van der Waals surface area contributed by atoms with Gasteiger partial charge in [0.2, 0.25) is 0 Å². The molecule has 0 saturated carbocycles. The molecule has 1 N–H and O–H groups in total. The molecule has 25 heavy (non-hydrogen) atoms. The number of hydrogen-bond donors (Lipinski definition) is 1. The fourth-order valence-electron chi connectivity index (χ4n) is 2.54. The second-order valence-electron chi connectivity index (χ2n) is 5.45. The fraction of sp³-hybridized carbons (Fsp3) is 0.111. The van der Waals surface area contributed by atoms with Gasteiger partial charge in [0.1, 0.15) is 16.5 Å². The molecule has 0 atom stereocenters. The maximum atomic E-state index is 12.8. The molecule has 0 saturated heterocycles. The Morgan fingerprint density at radius 2 is 1.80 bits per heavy atom. The Morgan fingerprint density at radius 1 is 1.04 bits per heavy atom. The number of nitrogens with zero attached hydrogens (tertiary/aromatic N) is 1. The molecule has 7 heteroatoms. The topological polar surface area (TPSA) is 58.6 Å². The van der Waals surface area contributed by atoms with Crippen LogP contribution in [0.1, 0.15) is 5.56 Å². The number of methoxy groups -OCH3 is 1. The van der Waals surface area contributed by atoms with E-state index in [2.05, 4.69) is 5.32 Å². The molecular formula is C18H14Cl2N2O3. The van der Waals surface area contributed by atoms with Gasteiger partial charge >= 0.3 is 0 Å². The summed E-state index contributed by atoms with van der Waals surface area (Å²) in [4.78, 5) is 26.3. The van der Waals surface area contributed by atoms with Gasteiger partial charge < -0.3 is 10.1 Å². The number of imide groups is 1.